The molecule has 37 heavy (non-hydrogen) atoms. The molecule has 1 unspecified atom stereocenters. The van der Waals surface area contributed by atoms with Gasteiger partial charge in [0.2, 0.25) is 11.8 Å². The summed E-state index contributed by atoms with van der Waals surface area (Å²) in [6.07, 6.45) is 0.809. The fourth-order valence-electron chi connectivity index (χ4n) is 5.09. The van der Waals surface area contributed by atoms with Gasteiger partial charge in [-0.3, -0.25) is 14.5 Å². The Labute approximate surface area is 222 Å². The fraction of sp³-hybridized carbons (Fsp3) is 0.690. The van der Waals surface area contributed by atoms with Crippen LogP contribution in [0.3, 0.4) is 0 Å². The first-order valence-electron chi connectivity index (χ1n) is 13.5. The number of carbonyl (C=O) groups is 3. The average Bonchev–Trinajstić information content (AvgIpc) is 3.03. The predicted octanol–water partition coefficient (Wildman–Crippen LogP) is 4.85. The van der Waals surface area contributed by atoms with Crippen LogP contribution in [-0.4, -0.2) is 46.7 Å². The lowest BCUT2D eigenvalue weighted by atomic mass is 9.85. The standard InChI is InChI=1S/C29H47N3O5/c1-18(2)14-23(26(30)33)31-27(34)22(20(5)6)16-25-24(15-19(3)4)32(29(7,8)37-25)28(35)36-17-21-12-10-9-11-13-21/h9-13,18-20,22-25H,14-17H2,1-8H3,(H2,30,33)(H,31,34)/t22?,23-,24-,25-/m0/s1. The summed E-state index contributed by atoms with van der Waals surface area (Å²) in [6, 6.07) is 8.59. The second-order valence-corrected chi connectivity index (χ2v) is 11.9. The van der Waals surface area contributed by atoms with Gasteiger partial charge in [-0.2, -0.15) is 0 Å². The number of nitrogens with two attached hydrogens (primary N) is 1. The fourth-order valence-corrected chi connectivity index (χ4v) is 5.09. The van der Waals surface area contributed by atoms with Crippen molar-refractivity contribution in [1.82, 2.24) is 10.2 Å². The van der Waals surface area contributed by atoms with E-state index >= 15 is 0 Å². The van der Waals surface area contributed by atoms with Crippen molar-refractivity contribution in [3.63, 3.8) is 0 Å². The highest BCUT2D eigenvalue weighted by molar-refractivity contribution is 5.87. The number of nitrogens with zero attached hydrogens (tertiary/aromatic N) is 1. The summed E-state index contributed by atoms with van der Waals surface area (Å²) >= 11 is 0. The van der Waals surface area contributed by atoms with Crippen LogP contribution in [0.2, 0.25) is 0 Å². The third-order valence-electron chi connectivity index (χ3n) is 6.89. The predicted molar refractivity (Wildman–Crippen MR) is 144 cm³/mol. The van der Waals surface area contributed by atoms with Gasteiger partial charge in [0.15, 0.2) is 0 Å². The summed E-state index contributed by atoms with van der Waals surface area (Å²) in [6.45, 7) is 16.0. The third kappa shape index (κ3) is 8.73. The summed E-state index contributed by atoms with van der Waals surface area (Å²) in [7, 11) is 0. The van der Waals surface area contributed by atoms with Crippen molar-refractivity contribution in [3.8, 4) is 0 Å². The molecular weight excluding hydrogens is 470 g/mol. The summed E-state index contributed by atoms with van der Waals surface area (Å²) < 4.78 is 12.1. The van der Waals surface area contributed by atoms with Gasteiger partial charge in [0.1, 0.15) is 18.4 Å². The van der Waals surface area contributed by atoms with Crippen LogP contribution >= 0.6 is 0 Å². The summed E-state index contributed by atoms with van der Waals surface area (Å²) in [4.78, 5) is 40.4. The Morgan fingerprint density at radius 1 is 1.03 bits per heavy atom. The van der Waals surface area contributed by atoms with E-state index < -0.39 is 29.7 Å². The lowest BCUT2D eigenvalue weighted by Crippen LogP contribution is -2.50. The maximum atomic E-state index is 13.4. The summed E-state index contributed by atoms with van der Waals surface area (Å²) in [5.41, 5.74) is 5.58. The molecule has 0 radical (unpaired) electrons. The second-order valence-electron chi connectivity index (χ2n) is 11.9. The number of rotatable bonds is 12. The maximum Gasteiger partial charge on any atom is 0.412 e. The number of amides is 3. The van der Waals surface area contributed by atoms with E-state index in [-0.39, 0.29) is 36.5 Å². The van der Waals surface area contributed by atoms with Crippen molar-refractivity contribution in [2.45, 2.75) is 105 Å². The molecular formula is C29H47N3O5. The van der Waals surface area contributed by atoms with E-state index in [1.165, 1.54) is 0 Å². The van der Waals surface area contributed by atoms with E-state index in [4.69, 9.17) is 15.2 Å². The lowest BCUT2D eigenvalue weighted by Gasteiger charge is -2.33. The van der Waals surface area contributed by atoms with Crippen molar-refractivity contribution in [2.75, 3.05) is 0 Å². The largest absolute Gasteiger partial charge is 0.444 e. The topological polar surface area (TPSA) is 111 Å². The highest BCUT2D eigenvalue weighted by Crippen LogP contribution is 2.39. The highest BCUT2D eigenvalue weighted by atomic mass is 16.6. The first-order chi connectivity index (χ1) is 17.2. The first-order valence-corrected chi connectivity index (χ1v) is 13.5. The number of primary amides is 1. The van der Waals surface area contributed by atoms with Gasteiger partial charge >= 0.3 is 6.09 Å². The Bertz CT molecular complexity index is 900. The van der Waals surface area contributed by atoms with Crippen molar-refractivity contribution in [1.29, 1.82) is 0 Å². The van der Waals surface area contributed by atoms with E-state index in [0.717, 1.165) is 5.56 Å². The number of carbonyl (C=O) groups excluding carboxylic acids is 3. The average molecular weight is 518 g/mol. The Hall–Kier alpha value is -2.61. The molecule has 0 aliphatic carbocycles. The molecule has 8 heteroatoms. The van der Waals surface area contributed by atoms with Crippen molar-refractivity contribution in [2.24, 2.45) is 29.4 Å². The maximum absolute atomic E-state index is 13.4. The van der Waals surface area contributed by atoms with Crippen LogP contribution in [0.15, 0.2) is 30.3 Å². The van der Waals surface area contributed by atoms with Gasteiger partial charge in [0.05, 0.1) is 12.1 Å². The molecule has 208 valence electrons. The molecule has 1 aliphatic rings. The minimum atomic E-state index is -0.899. The summed E-state index contributed by atoms with van der Waals surface area (Å²) in [5.74, 6) is -0.656. The molecule has 2 rings (SSSR count). The van der Waals surface area contributed by atoms with Gasteiger partial charge in [0, 0.05) is 5.92 Å². The van der Waals surface area contributed by atoms with Crippen molar-refractivity contribution < 1.29 is 23.9 Å². The highest BCUT2D eigenvalue weighted by Gasteiger charge is 2.51. The van der Waals surface area contributed by atoms with E-state index in [9.17, 15) is 14.4 Å². The molecule has 1 fully saturated rings. The van der Waals surface area contributed by atoms with Gasteiger partial charge in [-0.1, -0.05) is 71.9 Å². The van der Waals surface area contributed by atoms with Gasteiger partial charge < -0.3 is 20.5 Å². The molecule has 0 spiro atoms. The zero-order valence-corrected chi connectivity index (χ0v) is 23.8. The van der Waals surface area contributed by atoms with Crippen LogP contribution in [0.25, 0.3) is 0 Å². The lowest BCUT2D eigenvalue weighted by molar-refractivity contribution is -0.133. The molecule has 1 aromatic carbocycles. The number of nitrogens with one attached hydrogen (secondary N) is 1. The molecule has 1 aliphatic heterocycles. The molecule has 1 heterocycles. The normalized spacial score (nSPS) is 20.8. The molecule has 3 N–H and O–H groups in total. The molecule has 8 nitrogen and oxygen atoms in total. The Morgan fingerprint density at radius 2 is 1.65 bits per heavy atom. The Balaban J connectivity index is 2.23. The number of hydrogen-bond acceptors (Lipinski definition) is 5. The van der Waals surface area contributed by atoms with Gasteiger partial charge in [-0.25, -0.2) is 4.79 Å². The molecule has 1 aromatic rings. The molecule has 0 bridgehead atoms. The minimum Gasteiger partial charge on any atom is -0.444 e. The monoisotopic (exact) mass is 517 g/mol. The zero-order chi connectivity index (χ0) is 27.9. The van der Waals surface area contributed by atoms with Gasteiger partial charge in [-0.05, 0) is 56.4 Å². The molecule has 3 amide bonds. The van der Waals surface area contributed by atoms with Crippen LogP contribution in [0.5, 0.6) is 0 Å². The van der Waals surface area contributed by atoms with Crippen LogP contribution in [0.4, 0.5) is 4.79 Å². The Morgan fingerprint density at radius 3 is 2.16 bits per heavy atom. The van der Waals surface area contributed by atoms with Crippen molar-refractivity contribution in [3.05, 3.63) is 35.9 Å². The second kappa shape index (κ2) is 13.3. The third-order valence-corrected chi connectivity index (χ3v) is 6.89. The van der Waals surface area contributed by atoms with Gasteiger partial charge in [0.25, 0.3) is 0 Å². The van der Waals surface area contributed by atoms with E-state index in [0.29, 0.717) is 25.2 Å². The molecule has 4 atom stereocenters. The number of benzene rings is 1. The SMILES string of the molecule is CC(C)C[C@H](NC(=O)C(C[C@@H]1OC(C)(C)N(C(=O)OCc2ccccc2)[C@H]1CC(C)C)C(C)C)C(N)=O. The minimum absolute atomic E-state index is 0.00179. The van der Waals surface area contributed by atoms with E-state index in [2.05, 4.69) is 19.2 Å². The van der Waals surface area contributed by atoms with Crippen LogP contribution in [0.1, 0.15) is 80.2 Å². The number of hydrogen-bond donors (Lipinski definition) is 2. The quantitative estimate of drug-likeness (QED) is 0.412. The van der Waals surface area contributed by atoms with E-state index in [1.807, 2.05) is 71.9 Å². The van der Waals surface area contributed by atoms with E-state index in [1.54, 1.807) is 4.90 Å². The molecule has 0 saturated carbocycles. The van der Waals surface area contributed by atoms with Crippen molar-refractivity contribution >= 4 is 17.9 Å². The molecule has 1 saturated heterocycles. The first kappa shape index (κ1) is 30.6. The van der Waals surface area contributed by atoms with Crippen LogP contribution in [-0.2, 0) is 25.7 Å². The summed E-state index contributed by atoms with van der Waals surface area (Å²) in [5, 5.41) is 2.88. The Kier molecular flexibility index (Phi) is 11.0. The molecule has 0 aromatic heterocycles. The zero-order valence-electron chi connectivity index (χ0n) is 23.8. The number of ether oxygens (including phenoxy) is 2. The van der Waals surface area contributed by atoms with Gasteiger partial charge in [-0.15, -0.1) is 0 Å². The van der Waals surface area contributed by atoms with Crippen LogP contribution in [0, 0.1) is 23.7 Å². The smallest absolute Gasteiger partial charge is 0.412 e. The van der Waals surface area contributed by atoms with Crippen LogP contribution < -0.4 is 11.1 Å².